The first-order valence-electron chi connectivity index (χ1n) is 10.8. The van der Waals surface area contributed by atoms with Crippen LogP contribution >= 0.6 is 19.1 Å². The minimum atomic E-state index is -2.36. The van der Waals surface area contributed by atoms with Gasteiger partial charge < -0.3 is 4.74 Å². The number of ether oxygens (including phenoxy) is 1. The van der Waals surface area contributed by atoms with E-state index in [1.807, 2.05) is 60.7 Å². The molecule has 1 heterocycles. The van der Waals surface area contributed by atoms with Crippen molar-refractivity contribution in [3.05, 3.63) is 133 Å². The molecule has 0 spiro atoms. The van der Waals surface area contributed by atoms with E-state index >= 15 is 0 Å². The Kier molecular flexibility index (Phi) is 6.17. The molecule has 0 fully saturated rings. The van der Waals surface area contributed by atoms with E-state index in [9.17, 15) is 0 Å². The van der Waals surface area contributed by atoms with E-state index in [0.717, 1.165) is 11.0 Å². The molecule has 1 aliphatic heterocycles. The summed E-state index contributed by atoms with van der Waals surface area (Å²) in [5.74, 6) is 0.519. The van der Waals surface area contributed by atoms with Crippen molar-refractivity contribution in [3.63, 3.8) is 0 Å². The van der Waals surface area contributed by atoms with Gasteiger partial charge in [0, 0.05) is 13.0 Å². The van der Waals surface area contributed by atoms with Crippen molar-refractivity contribution < 1.29 is 4.74 Å². The minimum absolute atomic E-state index is 0.438. The normalized spacial score (nSPS) is 13.8. The monoisotopic (exact) mass is 463 g/mol. The van der Waals surface area contributed by atoms with Gasteiger partial charge in [-0.3, -0.25) is 0 Å². The molecule has 2 nitrogen and oxygen atoms in total. The first kappa shape index (κ1) is 21.3. The van der Waals surface area contributed by atoms with Gasteiger partial charge in [-0.25, -0.2) is 4.99 Å². The van der Waals surface area contributed by atoms with Gasteiger partial charge >= 0.3 is 0 Å². The zero-order chi connectivity index (χ0) is 22.5. The highest BCUT2D eigenvalue weighted by Crippen LogP contribution is 2.47. The molecule has 4 heteroatoms. The fourth-order valence-electron chi connectivity index (χ4n) is 4.10. The van der Waals surface area contributed by atoms with Crippen LogP contribution in [0.4, 0.5) is 0 Å². The van der Waals surface area contributed by atoms with Crippen molar-refractivity contribution in [2.45, 2.75) is 0 Å². The van der Waals surface area contributed by atoms with Crippen molar-refractivity contribution in [1.29, 1.82) is 0 Å². The summed E-state index contributed by atoms with van der Waals surface area (Å²) in [6.45, 7) is -2.36. The smallest absolute Gasteiger partial charge is 0.221 e. The second-order valence-corrected chi connectivity index (χ2v) is 11.3. The summed E-state index contributed by atoms with van der Waals surface area (Å²) in [5, 5.41) is 4.02. The number of aliphatic imine (C=N–C) groups is 1. The predicted octanol–water partition coefficient (Wildman–Crippen LogP) is 5.58. The van der Waals surface area contributed by atoms with Crippen molar-refractivity contribution >= 4 is 57.5 Å². The van der Waals surface area contributed by atoms with E-state index in [4.69, 9.17) is 21.9 Å². The Morgan fingerprint density at radius 2 is 1.00 bits per heavy atom. The molecule has 4 aromatic carbocycles. The molecule has 0 N–H and O–H groups in total. The molecule has 1 aliphatic rings. The largest absolute Gasteiger partial charge is 0.425 e. The average molecular weight is 464 g/mol. The topological polar surface area (TPSA) is 21.6 Å². The lowest BCUT2D eigenvalue weighted by atomic mass is 10.2. The predicted molar refractivity (Wildman–Crippen MR) is 147 cm³/mol. The van der Waals surface area contributed by atoms with Crippen LogP contribution in [0.5, 0.6) is 0 Å². The second-order valence-electron chi connectivity index (χ2n) is 7.58. The van der Waals surface area contributed by atoms with Gasteiger partial charge in [-0.15, -0.1) is 0 Å². The van der Waals surface area contributed by atoms with Crippen LogP contribution in [0.3, 0.4) is 0 Å². The van der Waals surface area contributed by atoms with E-state index in [0.29, 0.717) is 10.9 Å². The molecule has 0 saturated carbocycles. The molecule has 0 radical (unpaired) electrons. The molecule has 0 saturated heterocycles. The quantitative estimate of drug-likeness (QED) is 0.285. The second kappa shape index (κ2) is 9.54. The van der Waals surface area contributed by atoms with Crippen molar-refractivity contribution in [2.75, 3.05) is 0 Å². The Labute approximate surface area is 199 Å². The van der Waals surface area contributed by atoms with Crippen LogP contribution in [0.2, 0.25) is 0 Å². The zero-order valence-electron chi connectivity index (χ0n) is 17.9. The molecule has 0 amide bonds. The summed E-state index contributed by atoms with van der Waals surface area (Å²) in [5.41, 5.74) is 1.91. The third-order valence-electron chi connectivity index (χ3n) is 5.56. The lowest BCUT2D eigenvalue weighted by Gasteiger charge is -2.29. The van der Waals surface area contributed by atoms with Crippen LogP contribution in [0, 0.1) is 0 Å². The average Bonchev–Trinajstić information content (AvgIpc) is 3.26. The Morgan fingerprint density at radius 1 is 0.576 bits per heavy atom. The van der Waals surface area contributed by atoms with E-state index in [-0.39, 0.29) is 0 Å². The number of benzene rings is 4. The van der Waals surface area contributed by atoms with Crippen LogP contribution in [0.1, 0.15) is 5.56 Å². The summed E-state index contributed by atoms with van der Waals surface area (Å²) in [7, 11) is 0. The molecule has 0 aliphatic carbocycles. The van der Waals surface area contributed by atoms with Gasteiger partial charge in [0.25, 0.3) is 0 Å². The Bertz CT molecular complexity index is 1280. The molecule has 5 rings (SSSR count). The Morgan fingerprint density at radius 3 is 1.45 bits per heavy atom. The molecular weight excluding hydrogens is 441 g/mol. The van der Waals surface area contributed by atoms with Crippen LogP contribution in [-0.2, 0) is 4.74 Å². The molecule has 0 unspecified atom stereocenters. The molecule has 33 heavy (non-hydrogen) atoms. The fourth-order valence-corrected chi connectivity index (χ4v) is 8.69. The number of rotatable bonds is 5. The summed E-state index contributed by atoms with van der Waals surface area (Å²) in [6, 6.07) is 41.8. The van der Waals surface area contributed by atoms with Gasteiger partial charge in [0.15, 0.2) is 0 Å². The Balaban J connectivity index is 1.81. The van der Waals surface area contributed by atoms with E-state index in [1.165, 1.54) is 15.9 Å². The molecule has 0 bridgehead atoms. The molecule has 160 valence electrons. The highest BCUT2D eigenvalue weighted by molar-refractivity contribution is 7.98. The Hall–Kier alpha value is -3.52. The third kappa shape index (κ3) is 4.14. The summed E-state index contributed by atoms with van der Waals surface area (Å²) < 4.78 is 6.05. The number of hydrogen-bond acceptors (Lipinski definition) is 2. The fraction of sp³-hybridized carbons (Fsp3) is 0. The summed E-state index contributed by atoms with van der Waals surface area (Å²) >= 11 is 5.82. The van der Waals surface area contributed by atoms with Gasteiger partial charge in [-0.05, 0) is 39.8 Å². The molecular formula is C29H22NOPS. The first-order valence-corrected chi connectivity index (χ1v) is 13.0. The minimum Gasteiger partial charge on any atom is -0.425 e. The van der Waals surface area contributed by atoms with Crippen molar-refractivity contribution in [3.8, 4) is 0 Å². The van der Waals surface area contributed by atoms with E-state index < -0.39 is 6.89 Å². The standard InChI is InChI=1S/C29H22NOPS/c33-29-28(30-27(31-29)22-21-23-13-5-1-6-14-23)32(24-15-7-2-8-16-24,25-17-9-3-10-18-25)26-19-11-4-12-20-26/h1-22H/b22-21+. The van der Waals surface area contributed by atoms with E-state index in [1.54, 1.807) is 0 Å². The van der Waals surface area contributed by atoms with Crippen LogP contribution in [0.15, 0.2) is 132 Å². The van der Waals surface area contributed by atoms with Crippen LogP contribution in [0.25, 0.3) is 6.08 Å². The number of hydrogen-bond donors (Lipinski definition) is 0. The van der Waals surface area contributed by atoms with Gasteiger partial charge in [0.2, 0.25) is 10.9 Å². The van der Waals surface area contributed by atoms with Gasteiger partial charge in [0.1, 0.15) is 5.42 Å². The molecule has 0 atom stereocenters. The zero-order valence-corrected chi connectivity index (χ0v) is 19.6. The van der Waals surface area contributed by atoms with Crippen molar-refractivity contribution in [2.24, 2.45) is 4.99 Å². The maximum absolute atomic E-state index is 6.05. The highest BCUT2D eigenvalue weighted by Gasteiger charge is 2.35. The SMILES string of the molecule is S=C1OC(/C=C/c2ccccc2)=NC1=P(c1ccccc1)(c1ccccc1)c1ccccc1. The maximum atomic E-state index is 6.05. The highest BCUT2D eigenvalue weighted by atomic mass is 32.1. The van der Waals surface area contributed by atoms with E-state index in [2.05, 4.69) is 72.8 Å². The third-order valence-corrected chi connectivity index (χ3v) is 10.1. The van der Waals surface area contributed by atoms with Crippen LogP contribution in [-0.4, -0.2) is 16.4 Å². The number of nitrogens with zero attached hydrogens (tertiary/aromatic N) is 1. The van der Waals surface area contributed by atoms with Gasteiger partial charge in [-0.1, -0.05) is 121 Å². The summed E-state index contributed by atoms with van der Waals surface area (Å²) in [6.07, 6.45) is 3.89. The van der Waals surface area contributed by atoms with Crippen molar-refractivity contribution in [1.82, 2.24) is 0 Å². The lowest BCUT2D eigenvalue weighted by molar-refractivity contribution is 0.587. The molecule has 0 aromatic heterocycles. The number of thiocarbonyl (C=S) groups is 1. The summed E-state index contributed by atoms with van der Waals surface area (Å²) in [4.78, 5) is 5.02. The molecule has 4 aromatic rings. The van der Waals surface area contributed by atoms with Crippen LogP contribution < -0.4 is 15.9 Å². The lowest BCUT2D eigenvalue weighted by Crippen LogP contribution is -2.31. The van der Waals surface area contributed by atoms with Gasteiger partial charge in [-0.2, -0.15) is 0 Å². The maximum Gasteiger partial charge on any atom is 0.221 e. The first-order chi connectivity index (χ1) is 16.3. The van der Waals surface area contributed by atoms with Gasteiger partial charge in [0.05, 0.1) is 0 Å².